The average molecular weight is 241 g/mol. The SMILES string of the molecule is CCCCN(CC)CC(C(=O)O)C(F)(F)F. The number of hydrogen-bond donors (Lipinski definition) is 1. The Bertz CT molecular complexity index is 219. The van der Waals surface area contributed by atoms with Gasteiger partial charge in [-0.2, -0.15) is 13.2 Å². The van der Waals surface area contributed by atoms with E-state index in [1.165, 1.54) is 4.90 Å². The van der Waals surface area contributed by atoms with Gasteiger partial charge in [-0.15, -0.1) is 0 Å². The van der Waals surface area contributed by atoms with E-state index in [1.807, 2.05) is 6.92 Å². The molecule has 0 rings (SSSR count). The van der Waals surface area contributed by atoms with Crippen molar-refractivity contribution in [3.8, 4) is 0 Å². The third kappa shape index (κ3) is 5.34. The van der Waals surface area contributed by atoms with Crippen molar-refractivity contribution in [3.05, 3.63) is 0 Å². The second-order valence-electron chi connectivity index (χ2n) is 3.68. The number of alkyl halides is 3. The number of nitrogens with zero attached hydrogens (tertiary/aromatic N) is 1. The first kappa shape index (κ1) is 15.2. The lowest BCUT2D eigenvalue weighted by molar-refractivity contribution is -0.196. The fraction of sp³-hybridized carbons (Fsp3) is 0.900. The summed E-state index contributed by atoms with van der Waals surface area (Å²) in [6.07, 6.45) is -3.02. The molecule has 96 valence electrons. The molecule has 0 spiro atoms. The van der Waals surface area contributed by atoms with E-state index in [4.69, 9.17) is 5.11 Å². The van der Waals surface area contributed by atoms with Crippen LogP contribution in [0.4, 0.5) is 13.2 Å². The molecule has 0 aliphatic heterocycles. The molecule has 0 aliphatic rings. The van der Waals surface area contributed by atoms with Crippen LogP contribution in [0.15, 0.2) is 0 Å². The fourth-order valence-corrected chi connectivity index (χ4v) is 1.34. The lowest BCUT2D eigenvalue weighted by Gasteiger charge is -2.25. The van der Waals surface area contributed by atoms with Gasteiger partial charge in [0.15, 0.2) is 5.92 Å². The average Bonchev–Trinajstić information content (AvgIpc) is 2.15. The normalized spacial score (nSPS) is 14.1. The molecule has 0 fully saturated rings. The Balaban J connectivity index is 4.42. The number of carboxylic acid groups (broad SMARTS) is 1. The predicted octanol–water partition coefficient (Wildman–Crippen LogP) is 2.37. The fourth-order valence-electron chi connectivity index (χ4n) is 1.34. The van der Waals surface area contributed by atoms with Crippen molar-refractivity contribution >= 4 is 5.97 Å². The van der Waals surface area contributed by atoms with E-state index in [2.05, 4.69) is 0 Å². The van der Waals surface area contributed by atoms with E-state index in [0.29, 0.717) is 13.1 Å². The highest BCUT2D eigenvalue weighted by Gasteiger charge is 2.45. The van der Waals surface area contributed by atoms with E-state index in [0.717, 1.165) is 12.8 Å². The molecule has 0 heterocycles. The van der Waals surface area contributed by atoms with Crippen molar-refractivity contribution in [2.45, 2.75) is 32.9 Å². The largest absolute Gasteiger partial charge is 0.481 e. The molecule has 0 saturated carbocycles. The summed E-state index contributed by atoms with van der Waals surface area (Å²) >= 11 is 0. The Labute approximate surface area is 93.2 Å². The Morgan fingerprint density at radius 1 is 1.38 bits per heavy atom. The third-order valence-corrected chi connectivity index (χ3v) is 2.41. The Morgan fingerprint density at radius 2 is 1.94 bits per heavy atom. The first-order valence-corrected chi connectivity index (χ1v) is 5.34. The third-order valence-electron chi connectivity index (χ3n) is 2.41. The maximum Gasteiger partial charge on any atom is 0.403 e. The second kappa shape index (κ2) is 6.73. The van der Waals surface area contributed by atoms with Crippen LogP contribution in [0.25, 0.3) is 0 Å². The quantitative estimate of drug-likeness (QED) is 0.744. The van der Waals surface area contributed by atoms with E-state index in [1.54, 1.807) is 6.92 Å². The summed E-state index contributed by atoms with van der Waals surface area (Å²) in [5, 5.41) is 8.53. The Morgan fingerprint density at radius 3 is 2.25 bits per heavy atom. The van der Waals surface area contributed by atoms with Gasteiger partial charge >= 0.3 is 12.1 Å². The molecule has 0 bridgehead atoms. The Hall–Kier alpha value is -0.780. The smallest absolute Gasteiger partial charge is 0.403 e. The summed E-state index contributed by atoms with van der Waals surface area (Å²) < 4.78 is 37.1. The van der Waals surface area contributed by atoms with Crippen LogP contribution in [0.3, 0.4) is 0 Å². The van der Waals surface area contributed by atoms with Gasteiger partial charge < -0.3 is 10.0 Å². The molecule has 0 aromatic heterocycles. The van der Waals surface area contributed by atoms with Crippen LogP contribution in [-0.4, -0.2) is 41.8 Å². The minimum atomic E-state index is -4.68. The van der Waals surface area contributed by atoms with Crippen LogP contribution in [0.5, 0.6) is 0 Å². The zero-order valence-electron chi connectivity index (χ0n) is 9.55. The zero-order valence-corrected chi connectivity index (χ0v) is 9.55. The van der Waals surface area contributed by atoms with Crippen LogP contribution in [0.2, 0.25) is 0 Å². The van der Waals surface area contributed by atoms with E-state index in [-0.39, 0.29) is 0 Å². The zero-order chi connectivity index (χ0) is 12.8. The van der Waals surface area contributed by atoms with Crippen molar-refractivity contribution in [1.82, 2.24) is 4.90 Å². The molecule has 0 aromatic carbocycles. The van der Waals surface area contributed by atoms with E-state index < -0.39 is 24.6 Å². The van der Waals surface area contributed by atoms with Gasteiger partial charge in [0, 0.05) is 6.54 Å². The van der Waals surface area contributed by atoms with Crippen molar-refractivity contribution < 1.29 is 23.1 Å². The highest BCUT2D eigenvalue weighted by Crippen LogP contribution is 2.27. The van der Waals surface area contributed by atoms with E-state index in [9.17, 15) is 18.0 Å². The van der Waals surface area contributed by atoms with Gasteiger partial charge in [0.25, 0.3) is 0 Å². The molecular weight excluding hydrogens is 223 g/mol. The maximum atomic E-state index is 12.4. The van der Waals surface area contributed by atoms with Gasteiger partial charge in [-0.1, -0.05) is 20.3 Å². The minimum absolute atomic E-state index is 0.430. The maximum absolute atomic E-state index is 12.4. The molecule has 0 aromatic rings. The molecular formula is C10H18F3NO2. The molecule has 1 N–H and O–H groups in total. The van der Waals surface area contributed by atoms with Crippen molar-refractivity contribution in [3.63, 3.8) is 0 Å². The molecule has 3 nitrogen and oxygen atoms in total. The van der Waals surface area contributed by atoms with E-state index >= 15 is 0 Å². The van der Waals surface area contributed by atoms with Crippen LogP contribution in [0, 0.1) is 5.92 Å². The number of carboxylic acids is 1. The first-order valence-electron chi connectivity index (χ1n) is 5.34. The molecule has 6 heteroatoms. The standard InChI is InChI=1S/C10H18F3NO2/c1-3-5-6-14(4-2)7-8(9(15)16)10(11,12)13/h8H,3-7H2,1-2H3,(H,15,16). The van der Waals surface area contributed by atoms with Gasteiger partial charge in [0.1, 0.15) is 0 Å². The van der Waals surface area contributed by atoms with Gasteiger partial charge in [0.2, 0.25) is 0 Å². The van der Waals surface area contributed by atoms with Gasteiger partial charge in [-0.25, -0.2) is 0 Å². The number of aliphatic carboxylic acids is 1. The molecule has 0 amide bonds. The molecule has 1 unspecified atom stereocenters. The number of halogens is 3. The highest BCUT2D eigenvalue weighted by atomic mass is 19.4. The summed E-state index contributed by atoms with van der Waals surface area (Å²) in [5.41, 5.74) is 0. The number of rotatable bonds is 7. The van der Waals surface area contributed by atoms with Crippen LogP contribution in [-0.2, 0) is 4.79 Å². The molecule has 0 saturated heterocycles. The van der Waals surface area contributed by atoms with Crippen LogP contribution < -0.4 is 0 Å². The van der Waals surface area contributed by atoms with Crippen LogP contribution >= 0.6 is 0 Å². The van der Waals surface area contributed by atoms with Crippen molar-refractivity contribution in [1.29, 1.82) is 0 Å². The minimum Gasteiger partial charge on any atom is -0.481 e. The number of unbranched alkanes of at least 4 members (excludes halogenated alkanes) is 1. The second-order valence-corrected chi connectivity index (χ2v) is 3.68. The van der Waals surface area contributed by atoms with Gasteiger partial charge in [-0.3, -0.25) is 4.79 Å². The van der Waals surface area contributed by atoms with Crippen LogP contribution in [0.1, 0.15) is 26.7 Å². The highest BCUT2D eigenvalue weighted by molar-refractivity contribution is 5.71. The predicted molar refractivity (Wildman–Crippen MR) is 54.2 cm³/mol. The lowest BCUT2D eigenvalue weighted by Crippen LogP contribution is -2.41. The monoisotopic (exact) mass is 241 g/mol. The topological polar surface area (TPSA) is 40.5 Å². The summed E-state index contributed by atoms with van der Waals surface area (Å²) in [6.45, 7) is 4.14. The summed E-state index contributed by atoms with van der Waals surface area (Å²) in [7, 11) is 0. The van der Waals surface area contributed by atoms with Crippen molar-refractivity contribution in [2.24, 2.45) is 5.92 Å². The first-order chi connectivity index (χ1) is 7.32. The number of carbonyl (C=O) groups is 1. The molecule has 0 radical (unpaired) electrons. The molecule has 16 heavy (non-hydrogen) atoms. The van der Waals surface area contributed by atoms with Gasteiger partial charge in [-0.05, 0) is 19.5 Å². The number of hydrogen-bond acceptors (Lipinski definition) is 2. The van der Waals surface area contributed by atoms with Gasteiger partial charge in [0.05, 0.1) is 0 Å². The molecule has 1 atom stereocenters. The summed E-state index contributed by atoms with van der Waals surface area (Å²) in [5.74, 6) is -4.09. The van der Waals surface area contributed by atoms with Crippen molar-refractivity contribution in [2.75, 3.05) is 19.6 Å². The molecule has 0 aliphatic carbocycles. The lowest BCUT2D eigenvalue weighted by atomic mass is 10.1. The summed E-state index contributed by atoms with van der Waals surface area (Å²) in [6, 6.07) is 0. The summed E-state index contributed by atoms with van der Waals surface area (Å²) in [4.78, 5) is 12.0. The Kier molecular flexibility index (Phi) is 6.40.